The second-order valence-corrected chi connectivity index (χ2v) is 7.39. The molecular weight excluding hydrogens is 436 g/mol. The SMILES string of the molecule is CCOC(=O)COc1ccc(NC(=O)COc2ccc(/C=C3\SC(=O)NC3=O)cc2)cc1. The van der Waals surface area contributed by atoms with Gasteiger partial charge in [0.25, 0.3) is 17.1 Å². The smallest absolute Gasteiger partial charge is 0.344 e. The second kappa shape index (κ2) is 11.0. The molecule has 2 aromatic carbocycles. The zero-order valence-electron chi connectivity index (χ0n) is 17.1. The van der Waals surface area contributed by atoms with Crippen LogP contribution in [0.3, 0.4) is 0 Å². The van der Waals surface area contributed by atoms with Crippen molar-refractivity contribution in [3.63, 3.8) is 0 Å². The number of hydrogen-bond acceptors (Lipinski definition) is 8. The Balaban J connectivity index is 1.44. The maximum atomic E-state index is 12.1. The molecule has 0 bridgehead atoms. The topological polar surface area (TPSA) is 120 Å². The summed E-state index contributed by atoms with van der Waals surface area (Å²) in [6.07, 6.45) is 1.60. The van der Waals surface area contributed by atoms with E-state index < -0.39 is 17.1 Å². The molecule has 1 fully saturated rings. The van der Waals surface area contributed by atoms with Crippen LogP contribution in [-0.4, -0.2) is 42.8 Å². The van der Waals surface area contributed by atoms with Crippen LogP contribution < -0.4 is 20.1 Å². The summed E-state index contributed by atoms with van der Waals surface area (Å²) in [7, 11) is 0. The zero-order chi connectivity index (χ0) is 22.9. The highest BCUT2D eigenvalue weighted by atomic mass is 32.2. The standard InChI is InChI=1S/C22H20N2O7S/c1-2-29-20(26)13-31-17-9-5-15(6-10-17)23-19(25)12-30-16-7-3-14(4-8-16)11-18-21(27)24-22(28)32-18/h3-11H,2,12-13H2,1H3,(H,23,25)(H,24,27,28)/b18-11-. The molecule has 1 aliphatic rings. The Kier molecular flexibility index (Phi) is 7.87. The van der Waals surface area contributed by atoms with Crippen LogP contribution in [0.2, 0.25) is 0 Å². The first kappa shape index (κ1) is 22.9. The van der Waals surface area contributed by atoms with E-state index in [1.165, 1.54) is 0 Å². The third-order valence-corrected chi connectivity index (χ3v) is 4.80. The highest BCUT2D eigenvalue weighted by Crippen LogP contribution is 2.26. The summed E-state index contributed by atoms with van der Waals surface area (Å²) >= 11 is 0.843. The van der Waals surface area contributed by atoms with Crippen molar-refractivity contribution in [1.82, 2.24) is 5.32 Å². The Morgan fingerprint density at radius 3 is 2.19 bits per heavy atom. The molecule has 0 aliphatic carbocycles. The Morgan fingerprint density at radius 2 is 1.59 bits per heavy atom. The number of ether oxygens (including phenoxy) is 3. The van der Waals surface area contributed by atoms with Gasteiger partial charge in [-0.2, -0.15) is 0 Å². The fourth-order valence-corrected chi connectivity index (χ4v) is 3.24. The van der Waals surface area contributed by atoms with Gasteiger partial charge < -0.3 is 19.5 Å². The van der Waals surface area contributed by atoms with Crippen LogP contribution in [0, 0.1) is 0 Å². The van der Waals surface area contributed by atoms with Gasteiger partial charge >= 0.3 is 5.97 Å². The lowest BCUT2D eigenvalue weighted by molar-refractivity contribution is -0.145. The average molecular weight is 456 g/mol. The normalized spacial score (nSPS) is 14.1. The molecule has 0 atom stereocenters. The molecule has 9 nitrogen and oxygen atoms in total. The van der Waals surface area contributed by atoms with Gasteiger partial charge in [-0.3, -0.25) is 19.7 Å². The molecule has 0 aromatic heterocycles. The minimum absolute atomic E-state index is 0.187. The van der Waals surface area contributed by atoms with Gasteiger partial charge in [-0.1, -0.05) is 12.1 Å². The highest BCUT2D eigenvalue weighted by molar-refractivity contribution is 8.18. The molecule has 0 radical (unpaired) electrons. The van der Waals surface area contributed by atoms with E-state index in [4.69, 9.17) is 14.2 Å². The Labute approximate surface area is 188 Å². The van der Waals surface area contributed by atoms with Crippen molar-refractivity contribution in [1.29, 1.82) is 0 Å². The Bertz CT molecular complexity index is 1030. The van der Waals surface area contributed by atoms with Gasteiger partial charge in [0.2, 0.25) is 0 Å². The number of anilines is 1. The van der Waals surface area contributed by atoms with E-state index in [2.05, 4.69) is 10.6 Å². The predicted octanol–water partition coefficient (Wildman–Crippen LogP) is 2.97. The van der Waals surface area contributed by atoms with Gasteiger partial charge in [0.1, 0.15) is 11.5 Å². The van der Waals surface area contributed by atoms with Crippen LogP contribution in [0.1, 0.15) is 12.5 Å². The summed E-state index contributed by atoms with van der Waals surface area (Å²) in [6, 6.07) is 13.3. The number of carbonyl (C=O) groups is 4. The minimum atomic E-state index is -0.454. The molecule has 3 rings (SSSR count). The summed E-state index contributed by atoms with van der Waals surface area (Å²) in [4.78, 5) is 46.5. The maximum absolute atomic E-state index is 12.1. The third-order valence-electron chi connectivity index (χ3n) is 3.99. The quantitative estimate of drug-likeness (QED) is 0.437. The molecule has 2 aromatic rings. The van der Waals surface area contributed by atoms with Gasteiger partial charge in [-0.25, -0.2) is 4.79 Å². The largest absolute Gasteiger partial charge is 0.484 e. The molecule has 32 heavy (non-hydrogen) atoms. The number of amides is 3. The van der Waals surface area contributed by atoms with Crippen LogP contribution in [0.5, 0.6) is 11.5 Å². The van der Waals surface area contributed by atoms with E-state index in [0.29, 0.717) is 22.1 Å². The number of hydrogen-bond donors (Lipinski definition) is 2. The summed E-state index contributed by atoms with van der Waals surface area (Å²) in [5, 5.41) is 4.49. The van der Waals surface area contributed by atoms with Gasteiger partial charge in [-0.15, -0.1) is 0 Å². The molecular formula is C22H20N2O7S. The lowest BCUT2D eigenvalue weighted by Gasteiger charge is -2.09. The minimum Gasteiger partial charge on any atom is -0.484 e. The van der Waals surface area contributed by atoms with Gasteiger partial charge in [0.05, 0.1) is 11.5 Å². The average Bonchev–Trinajstić information content (AvgIpc) is 3.09. The monoisotopic (exact) mass is 456 g/mol. The maximum Gasteiger partial charge on any atom is 0.344 e. The number of imide groups is 1. The van der Waals surface area contributed by atoms with Crippen molar-refractivity contribution >= 4 is 46.5 Å². The van der Waals surface area contributed by atoms with Crippen molar-refractivity contribution < 1.29 is 33.4 Å². The second-order valence-electron chi connectivity index (χ2n) is 6.38. The first-order valence-electron chi connectivity index (χ1n) is 9.59. The number of nitrogens with one attached hydrogen (secondary N) is 2. The zero-order valence-corrected chi connectivity index (χ0v) is 17.9. The van der Waals surface area contributed by atoms with Crippen LogP contribution in [-0.2, 0) is 19.1 Å². The van der Waals surface area contributed by atoms with E-state index in [9.17, 15) is 19.2 Å². The molecule has 1 heterocycles. The van der Waals surface area contributed by atoms with Crippen LogP contribution >= 0.6 is 11.8 Å². The summed E-state index contributed by atoms with van der Waals surface area (Å²) in [6.45, 7) is 1.62. The lowest BCUT2D eigenvalue weighted by Crippen LogP contribution is -2.20. The van der Waals surface area contributed by atoms with Gasteiger partial charge in [-0.05, 0) is 66.7 Å². The first-order chi connectivity index (χ1) is 15.4. The number of esters is 1. The van der Waals surface area contributed by atoms with Crippen molar-refractivity contribution in [3.05, 3.63) is 59.0 Å². The van der Waals surface area contributed by atoms with E-state index in [1.54, 1.807) is 61.5 Å². The van der Waals surface area contributed by atoms with Crippen molar-refractivity contribution in [2.24, 2.45) is 0 Å². The fourth-order valence-electron chi connectivity index (χ4n) is 2.56. The van der Waals surface area contributed by atoms with E-state index in [1.807, 2.05) is 0 Å². The Hall–Kier alpha value is -3.79. The fraction of sp³-hybridized carbons (Fsp3) is 0.182. The molecule has 10 heteroatoms. The van der Waals surface area contributed by atoms with E-state index in [0.717, 1.165) is 17.3 Å². The molecule has 1 saturated heterocycles. The highest BCUT2D eigenvalue weighted by Gasteiger charge is 2.24. The number of thioether (sulfide) groups is 1. The summed E-state index contributed by atoms with van der Waals surface area (Å²) in [5.74, 6) is -0.279. The van der Waals surface area contributed by atoms with Gasteiger partial charge in [0.15, 0.2) is 13.2 Å². The lowest BCUT2D eigenvalue weighted by atomic mass is 10.2. The van der Waals surface area contributed by atoms with Crippen molar-refractivity contribution in [2.75, 3.05) is 25.1 Å². The molecule has 1 aliphatic heterocycles. The van der Waals surface area contributed by atoms with Crippen LogP contribution in [0.25, 0.3) is 6.08 Å². The molecule has 0 unspecified atom stereocenters. The first-order valence-corrected chi connectivity index (χ1v) is 10.4. The van der Waals surface area contributed by atoms with Crippen molar-refractivity contribution in [2.45, 2.75) is 6.92 Å². The number of rotatable bonds is 9. The van der Waals surface area contributed by atoms with Crippen LogP contribution in [0.4, 0.5) is 10.5 Å². The van der Waals surface area contributed by atoms with Gasteiger partial charge in [0, 0.05) is 5.69 Å². The number of benzene rings is 2. The summed E-state index contributed by atoms with van der Waals surface area (Å²) in [5.41, 5.74) is 1.27. The predicted molar refractivity (Wildman–Crippen MR) is 118 cm³/mol. The van der Waals surface area contributed by atoms with E-state index in [-0.39, 0.29) is 25.7 Å². The van der Waals surface area contributed by atoms with E-state index >= 15 is 0 Å². The molecule has 2 N–H and O–H groups in total. The molecule has 166 valence electrons. The molecule has 0 saturated carbocycles. The van der Waals surface area contributed by atoms with Crippen LogP contribution in [0.15, 0.2) is 53.4 Å². The number of carbonyl (C=O) groups excluding carboxylic acids is 4. The van der Waals surface area contributed by atoms with Crippen molar-refractivity contribution in [3.8, 4) is 11.5 Å². The summed E-state index contributed by atoms with van der Waals surface area (Å²) < 4.78 is 15.5. The molecule has 3 amide bonds. The Morgan fingerprint density at radius 1 is 0.969 bits per heavy atom. The third kappa shape index (κ3) is 6.88. The molecule has 0 spiro atoms.